The van der Waals surface area contributed by atoms with E-state index in [0.717, 1.165) is 41.5 Å². The fourth-order valence-electron chi connectivity index (χ4n) is 4.07. The maximum absolute atomic E-state index is 13.3. The topological polar surface area (TPSA) is 64.6 Å². The Bertz CT molecular complexity index is 1170. The van der Waals surface area contributed by atoms with Gasteiger partial charge in [0.2, 0.25) is 0 Å². The van der Waals surface area contributed by atoms with Gasteiger partial charge in [-0.15, -0.1) is 5.46 Å². The molecule has 0 atom stereocenters. The maximum Gasteiger partial charge on any atom is 1.00 e. The number of amides is 1. The van der Waals surface area contributed by atoms with Crippen molar-refractivity contribution >= 4 is 30.2 Å². The Kier molecular flexibility index (Phi) is 8.64. The third-order valence-electron chi connectivity index (χ3n) is 5.56. The van der Waals surface area contributed by atoms with Gasteiger partial charge in [0.1, 0.15) is 6.61 Å². The fourth-order valence-corrected chi connectivity index (χ4v) is 4.07. The zero-order valence-electron chi connectivity index (χ0n) is 18.7. The van der Waals surface area contributed by atoms with Crippen molar-refractivity contribution in [1.82, 2.24) is 0 Å². The van der Waals surface area contributed by atoms with Crippen LogP contribution < -0.4 is 62.2 Å². The van der Waals surface area contributed by atoms with Gasteiger partial charge < -0.3 is 22.4 Å². The third-order valence-corrected chi connectivity index (χ3v) is 5.56. The van der Waals surface area contributed by atoms with Crippen molar-refractivity contribution in [2.45, 2.75) is 12.3 Å². The maximum atomic E-state index is 13.3. The molecule has 0 saturated heterocycles. The molecule has 0 radical (unpaired) electrons. The van der Waals surface area contributed by atoms with Crippen LogP contribution in [0.2, 0.25) is 0 Å². The molecule has 3 aromatic carbocycles. The molecule has 5 nitrogen and oxygen atoms in total. The van der Waals surface area contributed by atoms with Gasteiger partial charge in [0, 0.05) is 11.6 Å². The molecule has 1 aliphatic rings. The first-order chi connectivity index (χ1) is 15.8. The van der Waals surface area contributed by atoms with Crippen LogP contribution in [-0.2, 0) is 20.7 Å². The van der Waals surface area contributed by atoms with Gasteiger partial charge in [0.25, 0.3) is 0 Å². The van der Waals surface area contributed by atoms with Crippen LogP contribution in [0.15, 0.2) is 66.7 Å². The van der Waals surface area contributed by atoms with Crippen LogP contribution in [0.3, 0.4) is 0 Å². The molecule has 0 saturated carbocycles. The van der Waals surface area contributed by atoms with E-state index in [2.05, 4.69) is 10.1 Å². The molecule has 1 aliphatic carbocycles. The summed E-state index contributed by atoms with van der Waals surface area (Å²) in [6, 6.07) is 18.6. The number of carbonyl (C=O) groups is 2. The summed E-state index contributed by atoms with van der Waals surface area (Å²) in [6.45, 7) is -5.31. The van der Waals surface area contributed by atoms with E-state index in [1.165, 1.54) is 6.07 Å². The van der Waals surface area contributed by atoms with Crippen molar-refractivity contribution in [2.24, 2.45) is 0 Å². The summed E-state index contributed by atoms with van der Waals surface area (Å²) < 4.78 is 49.9. The van der Waals surface area contributed by atoms with Crippen molar-refractivity contribution in [2.75, 3.05) is 19.0 Å². The van der Waals surface area contributed by atoms with Crippen LogP contribution in [0, 0.1) is 0 Å². The van der Waals surface area contributed by atoms with Crippen molar-refractivity contribution < 1.29 is 83.4 Å². The molecule has 0 heterocycles. The molecule has 34 heavy (non-hydrogen) atoms. The Hall–Kier alpha value is -2.11. The van der Waals surface area contributed by atoms with Crippen LogP contribution in [0.25, 0.3) is 11.1 Å². The molecular formula is C24H20BF3KNO4. The van der Waals surface area contributed by atoms with Gasteiger partial charge in [-0.3, -0.25) is 10.1 Å². The minimum Gasteiger partial charge on any atom is -0.469 e. The first-order valence-corrected chi connectivity index (χ1v) is 10.3. The third kappa shape index (κ3) is 5.93. The molecule has 0 spiro atoms. The molecule has 0 fully saturated rings. The molecule has 0 aliphatic heterocycles. The van der Waals surface area contributed by atoms with Crippen LogP contribution in [-0.4, -0.2) is 32.8 Å². The number of nitrogens with one attached hydrogen (secondary N) is 1. The van der Waals surface area contributed by atoms with Crippen molar-refractivity contribution in [3.8, 4) is 11.1 Å². The second kappa shape index (κ2) is 11.1. The number of benzene rings is 3. The predicted molar refractivity (Wildman–Crippen MR) is 120 cm³/mol. The monoisotopic (exact) mass is 493 g/mol. The van der Waals surface area contributed by atoms with Crippen molar-refractivity contribution in [3.63, 3.8) is 0 Å². The summed E-state index contributed by atoms with van der Waals surface area (Å²) in [7, 11) is 1.15. The minimum absolute atomic E-state index is 0. The quantitative estimate of drug-likeness (QED) is 0.421. The zero-order valence-corrected chi connectivity index (χ0v) is 21.8. The van der Waals surface area contributed by atoms with Gasteiger partial charge in [-0.2, -0.15) is 0 Å². The fraction of sp³-hybridized carbons (Fsp3) is 0.167. The molecule has 170 valence electrons. The average Bonchev–Trinajstić information content (AvgIpc) is 3.10. The molecule has 10 heteroatoms. The standard InChI is InChI=1S/C24H20BF3NO4.K/c1-32-23(30)12-15-10-16(25(26,27)28)13-17(11-15)29-24(31)33-14-22-20-8-4-2-6-18(20)19-7-3-5-9-21(19)22;/h2-11,13,22H,12,14H2,1H3,(H,29,31);/q-1;+1. The zero-order chi connectivity index (χ0) is 23.6. The second-order valence-electron chi connectivity index (χ2n) is 7.74. The molecule has 1 N–H and O–H groups in total. The van der Waals surface area contributed by atoms with Gasteiger partial charge in [-0.1, -0.05) is 60.7 Å². The first kappa shape index (κ1) is 26.5. The smallest absolute Gasteiger partial charge is 0.469 e. The van der Waals surface area contributed by atoms with E-state index in [4.69, 9.17) is 4.74 Å². The number of ether oxygens (including phenoxy) is 2. The summed E-state index contributed by atoms with van der Waals surface area (Å²) in [5.74, 6) is -0.864. The predicted octanol–water partition coefficient (Wildman–Crippen LogP) is 1.82. The second-order valence-corrected chi connectivity index (χ2v) is 7.74. The first-order valence-electron chi connectivity index (χ1n) is 10.3. The molecular weight excluding hydrogens is 473 g/mol. The summed E-state index contributed by atoms with van der Waals surface area (Å²) in [5, 5.41) is 2.35. The average molecular weight is 493 g/mol. The number of hydrogen-bond donors (Lipinski definition) is 1. The number of carbonyl (C=O) groups excluding carboxylic acids is 2. The van der Waals surface area contributed by atoms with Crippen LogP contribution >= 0.6 is 0 Å². The number of halogens is 3. The SMILES string of the molecule is COC(=O)Cc1cc(NC(=O)OCC2c3ccccc3-c3ccccc32)cc([B-](F)(F)F)c1.[K+]. The molecule has 3 aromatic rings. The summed E-state index contributed by atoms with van der Waals surface area (Å²) in [6.07, 6.45) is -1.23. The van der Waals surface area contributed by atoms with Crippen LogP contribution in [0.5, 0.6) is 0 Å². The number of esters is 1. The van der Waals surface area contributed by atoms with Gasteiger partial charge in [-0.25, -0.2) is 4.79 Å². The summed E-state index contributed by atoms with van der Waals surface area (Å²) >= 11 is 0. The molecule has 1 amide bonds. The van der Waals surface area contributed by atoms with Gasteiger partial charge in [0.15, 0.2) is 0 Å². The number of hydrogen-bond acceptors (Lipinski definition) is 4. The van der Waals surface area contributed by atoms with E-state index in [-0.39, 0.29) is 81.6 Å². The minimum atomic E-state index is -5.33. The Morgan fingerprint density at radius 1 is 0.941 bits per heavy atom. The van der Waals surface area contributed by atoms with Crippen LogP contribution in [0.1, 0.15) is 22.6 Å². The van der Waals surface area contributed by atoms with Crippen LogP contribution in [0.4, 0.5) is 23.4 Å². The normalized spacial score (nSPS) is 12.2. The number of rotatable bonds is 6. The van der Waals surface area contributed by atoms with Crippen molar-refractivity contribution in [1.29, 1.82) is 0 Å². The van der Waals surface area contributed by atoms with E-state index >= 15 is 0 Å². The van der Waals surface area contributed by atoms with Gasteiger partial charge in [0.05, 0.1) is 13.5 Å². The number of methoxy groups -OCH3 is 1. The van der Waals surface area contributed by atoms with E-state index in [9.17, 15) is 22.5 Å². The van der Waals surface area contributed by atoms with E-state index in [1.54, 1.807) is 0 Å². The summed E-state index contributed by atoms with van der Waals surface area (Å²) in [5.41, 5.74) is 3.22. The largest absolute Gasteiger partial charge is 1.00 e. The Morgan fingerprint density at radius 2 is 1.53 bits per heavy atom. The molecule has 0 unspecified atom stereocenters. The molecule has 4 rings (SSSR count). The van der Waals surface area contributed by atoms with E-state index < -0.39 is 24.5 Å². The Balaban J connectivity index is 0.00000324. The van der Waals surface area contributed by atoms with Crippen molar-refractivity contribution in [3.05, 3.63) is 83.4 Å². The number of fused-ring (bicyclic) bond motifs is 3. The Morgan fingerprint density at radius 3 is 2.09 bits per heavy atom. The van der Waals surface area contributed by atoms with Gasteiger partial charge >= 0.3 is 70.4 Å². The van der Waals surface area contributed by atoms with E-state index in [0.29, 0.717) is 0 Å². The molecule has 0 bridgehead atoms. The van der Waals surface area contributed by atoms with Gasteiger partial charge in [-0.05, 0) is 33.9 Å². The molecule has 0 aromatic heterocycles. The number of anilines is 1. The van der Waals surface area contributed by atoms with E-state index in [1.807, 2.05) is 48.5 Å². The summed E-state index contributed by atoms with van der Waals surface area (Å²) in [4.78, 5) is 24.0. The Labute approximate surface area is 237 Å².